The fraction of sp³-hybridized carbons (Fsp3) is 0.346. The van der Waals surface area contributed by atoms with E-state index < -0.39 is 0 Å². The van der Waals surface area contributed by atoms with Crippen LogP contribution >= 0.6 is 0 Å². The molecule has 0 saturated carbocycles. The summed E-state index contributed by atoms with van der Waals surface area (Å²) in [6.45, 7) is 8.95. The van der Waals surface area contributed by atoms with Crippen LogP contribution in [0.5, 0.6) is 0 Å². The number of amides is 1. The highest BCUT2D eigenvalue weighted by atomic mass is 16.2. The number of nitrogens with one attached hydrogen (secondary N) is 1. The minimum atomic E-state index is -0.0803. The van der Waals surface area contributed by atoms with Crippen molar-refractivity contribution in [2.75, 3.05) is 36.4 Å². The highest BCUT2D eigenvalue weighted by Gasteiger charge is 2.28. The van der Waals surface area contributed by atoms with Crippen molar-refractivity contribution in [1.29, 1.82) is 0 Å². The van der Waals surface area contributed by atoms with Crippen LogP contribution in [0.1, 0.15) is 36.1 Å². The van der Waals surface area contributed by atoms with Crippen molar-refractivity contribution >= 4 is 23.4 Å². The van der Waals surface area contributed by atoms with Gasteiger partial charge in [0.25, 0.3) is 0 Å². The standard InChI is InChI=1S/C26H31N5O/c1-4-23(21-8-6-5-7-9-21)25(32)30-14-16-31(17-15-30)26-27-20(3)18-24(29-26)28-22-12-10-19(2)11-13-22/h5-13,18,23H,4,14-17H2,1-3H3,(H,27,28,29)/t23-/m0/s1. The Kier molecular flexibility index (Phi) is 6.69. The maximum atomic E-state index is 13.2. The van der Waals surface area contributed by atoms with Gasteiger partial charge >= 0.3 is 0 Å². The fourth-order valence-electron chi connectivity index (χ4n) is 4.13. The zero-order valence-electron chi connectivity index (χ0n) is 19.1. The van der Waals surface area contributed by atoms with Crippen LogP contribution in [0.3, 0.4) is 0 Å². The first kappa shape index (κ1) is 21.8. The Morgan fingerprint density at radius 3 is 2.31 bits per heavy atom. The first-order valence-corrected chi connectivity index (χ1v) is 11.3. The molecule has 1 N–H and O–H groups in total. The van der Waals surface area contributed by atoms with Gasteiger partial charge in [0.05, 0.1) is 5.92 Å². The van der Waals surface area contributed by atoms with Crippen molar-refractivity contribution in [3.63, 3.8) is 0 Å². The van der Waals surface area contributed by atoms with Gasteiger partial charge in [-0.25, -0.2) is 4.98 Å². The molecule has 1 aliphatic heterocycles. The third kappa shape index (κ3) is 5.07. The third-order valence-electron chi connectivity index (χ3n) is 5.95. The van der Waals surface area contributed by atoms with E-state index in [-0.39, 0.29) is 11.8 Å². The lowest BCUT2D eigenvalue weighted by atomic mass is 9.95. The van der Waals surface area contributed by atoms with Crippen molar-refractivity contribution in [2.45, 2.75) is 33.1 Å². The number of rotatable bonds is 6. The van der Waals surface area contributed by atoms with Crippen molar-refractivity contribution in [2.24, 2.45) is 0 Å². The second kappa shape index (κ2) is 9.81. The minimum Gasteiger partial charge on any atom is -0.340 e. The number of hydrogen-bond acceptors (Lipinski definition) is 5. The Morgan fingerprint density at radius 1 is 0.969 bits per heavy atom. The van der Waals surface area contributed by atoms with Crippen LogP contribution in [0.25, 0.3) is 0 Å². The van der Waals surface area contributed by atoms with Gasteiger partial charge in [-0.1, -0.05) is 55.0 Å². The number of aromatic nitrogens is 2. The lowest BCUT2D eigenvalue weighted by Crippen LogP contribution is -2.50. The second-order valence-corrected chi connectivity index (χ2v) is 8.37. The molecule has 6 nitrogen and oxygen atoms in total. The zero-order chi connectivity index (χ0) is 22.5. The van der Waals surface area contributed by atoms with Crippen molar-refractivity contribution in [1.82, 2.24) is 14.9 Å². The van der Waals surface area contributed by atoms with E-state index in [9.17, 15) is 4.79 Å². The van der Waals surface area contributed by atoms with Crippen LogP contribution in [0.15, 0.2) is 60.7 Å². The van der Waals surface area contributed by atoms with Gasteiger partial charge in [0, 0.05) is 43.6 Å². The van der Waals surface area contributed by atoms with E-state index >= 15 is 0 Å². The Bertz CT molecular complexity index is 1040. The van der Waals surface area contributed by atoms with E-state index in [0.29, 0.717) is 19.0 Å². The lowest BCUT2D eigenvalue weighted by molar-refractivity contribution is -0.133. The molecule has 2 heterocycles. The smallest absolute Gasteiger partial charge is 0.230 e. The largest absolute Gasteiger partial charge is 0.340 e. The van der Waals surface area contributed by atoms with Gasteiger partial charge in [-0.15, -0.1) is 0 Å². The highest BCUT2D eigenvalue weighted by Crippen LogP contribution is 2.24. The van der Waals surface area contributed by atoms with Gasteiger partial charge in [0.2, 0.25) is 11.9 Å². The molecule has 2 aromatic carbocycles. The van der Waals surface area contributed by atoms with Crippen LogP contribution < -0.4 is 10.2 Å². The maximum absolute atomic E-state index is 13.2. The number of aryl methyl sites for hydroxylation is 2. The topological polar surface area (TPSA) is 61.4 Å². The molecule has 4 rings (SSSR count). The summed E-state index contributed by atoms with van der Waals surface area (Å²) in [5, 5.41) is 3.38. The number of benzene rings is 2. The van der Waals surface area contributed by atoms with E-state index in [1.165, 1.54) is 5.56 Å². The van der Waals surface area contributed by atoms with Crippen LogP contribution in [-0.2, 0) is 4.79 Å². The first-order valence-electron chi connectivity index (χ1n) is 11.3. The van der Waals surface area contributed by atoms with Crippen molar-refractivity contribution < 1.29 is 4.79 Å². The Hall–Kier alpha value is -3.41. The van der Waals surface area contributed by atoms with Crippen molar-refractivity contribution in [3.8, 4) is 0 Å². The molecule has 1 fully saturated rings. The molecular weight excluding hydrogens is 398 g/mol. The molecule has 0 bridgehead atoms. The van der Waals surface area contributed by atoms with E-state index in [1.807, 2.05) is 60.4 Å². The molecule has 1 saturated heterocycles. The van der Waals surface area contributed by atoms with Crippen LogP contribution in [0.2, 0.25) is 0 Å². The predicted molar refractivity (Wildman–Crippen MR) is 129 cm³/mol. The Morgan fingerprint density at radius 2 is 1.66 bits per heavy atom. The highest BCUT2D eigenvalue weighted by molar-refractivity contribution is 5.84. The number of piperazine rings is 1. The van der Waals surface area contributed by atoms with E-state index in [1.54, 1.807) is 0 Å². The molecule has 32 heavy (non-hydrogen) atoms. The average molecular weight is 430 g/mol. The van der Waals surface area contributed by atoms with Crippen LogP contribution in [0.4, 0.5) is 17.5 Å². The molecule has 166 valence electrons. The summed E-state index contributed by atoms with van der Waals surface area (Å²) < 4.78 is 0. The van der Waals surface area contributed by atoms with E-state index in [4.69, 9.17) is 4.98 Å². The predicted octanol–water partition coefficient (Wildman–Crippen LogP) is 4.68. The van der Waals surface area contributed by atoms with E-state index in [2.05, 4.69) is 41.2 Å². The van der Waals surface area contributed by atoms with Crippen molar-refractivity contribution in [3.05, 3.63) is 77.5 Å². The molecule has 0 radical (unpaired) electrons. The number of carbonyl (C=O) groups is 1. The summed E-state index contributed by atoms with van der Waals surface area (Å²) >= 11 is 0. The molecular formula is C26H31N5O. The number of nitrogens with zero attached hydrogens (tertiary/aromatic N) is 4. The molecule has 1 aliphatic rings. The SMILES string of the molecule is CC[C@H](C(=O)N1CCN(c2nc(C)cc(Nc3ccc(C)cc3)n2)CC1)c1ccccc1. The fourth-order valence-corrected chi connectivity index (χ4v) is 4.13. The average Bonchev–Trinajstić information content (AvgIpc) is 2.81. The van der Waals surface area contributed by atoms with Crippen LogP contribution in [-0.4, -0.2) is 47.0 Å². The monoisotopic (exact) mass is 429 g/mol. The Balaban J connectivity index is 1.42. The van der Waals surface area contributed by atoms with E-state index in [0.717, 1.165) is 42.3 Å². The summed E-state index contributed by atoms with van der Waals surface area (Å²) in [6.07, 6.45) is 0.804. The summed E-state index contributed by atoms with van der Waals surface area (Å²) in [5.74, 6) is 1.63. The Labute approximate surface area is 190 Å². The zero-order valence-corrected chi connectivity index (χ0v) is 19.1. The lowest BCUT2D eigenvalue weighted by Gasteiger charge is -2.36. The summed E-state index contributed by atoms with van der Waals surface area (Å²) in [6, 6.07) is 20.3. The summed E-state index contributed by atoms with van der Waals surface area (Å²) in [4.78, 5) is 26.7. The van der Waals surface area contributed by atoms with Gasteiger partial charge in [-0.3, -0.25) is 4.79 Å². The minimum absolute atomic E-state index is 0.0803. The molecule has 0 aliphatic carbocycles. The second-order valence-electron chi connectivity index (χ2n) is 8.37. The molecule has 1 aromatic heterocycles. The van der Waals surface area contributed by atoms with Gasteiger partial charge in [0.15, 0.2) is 0 Å². The molecule has 6 heteroatoms. The number of hydrogen-bond donors (Lipinski definition) is 1. The summed E-state index contributed by atoms with van der Waals surface area (Å²) in [7, 11) is 0. The third-order valence-corrected chi connectivity index (χ3v) is 5.95. The van der Waals surface area contributed by atoms with Gasteiger partial charge in [0.1, 0.15) is 5.82 Å². The molecule has 0 unspecified atom stereocenters. The maximum Gasteiger partial charge on any atom is 0.230 e. The molecule has 1 amide bonds. The summed E-state index contributed by atoms with van der Waals surface area (Å²) in [5.41, 5.74) is 4.23. The molecule has 0 spiro atoms. The van der Waals surface area contributed by atoms with Crippen LogP contribution in [0, 0.1) is 13.8 Å². The van der Waals surface area contributed by atoms with Gasteiger partial charge in [-0.2, -0.15) is 4.98 Å². The van der Waals surface area contributed by atoms with Gasteiger partial charge < -0.3 is 15.1 Å². The number of carbonyl (C=O) groups excluding carboxylic acids is 1. The molecule has 3 aromatic rings. The first-order chi connectivity index (χ1) is 15.5. The quantitative estimate of drug-likeness (QED) is 0.617. The molecule has 1 atom stereocenters. The number of anilines is 3. The van der Waals surface area contributed by atoms with Gasteiger partial charge in [-0.05, 0) is 38.0 Å². The normalized spacial score (nSPS) is 14.8.